The smallest absolute Gasteiger partial charge is 0.0541 e. The molecule has 1 nitrogen and oxygen atoms in total. The summed E-state index contributed by atoms with van der Waals surface area (Å²) in [6.45, 7) is 0.175. The van der Waals surface area contributed by atoms with E-state index >= 15 is 0 Å². The zero-order chi connectivity index (χ0) is 11.0. The second-order valence-corrected chi connectivity index (χ2v) is 5.00. The van der Waals surface area contributed by atoms with Crippen molar-refractivity contribution in [2.75, 3.05) is 6.61 Å². The SMILES string of the molecule is OCC1c2ccccc2Sc2ccccc21. The van der Waals surface area contributed by atoms with E-state index < -0.39 is 0 Å². The van der Waals surface area contributed by atoms with Crippen molar-refractivity contribution in [2.45, 2.75) is 15.7 Å². The maximum Gasteiger partial charge on any atom is 0.0541 e. The van der Waals surface area contributed by atoms with Gasteiger partial charge in [0.15, 0.2) is 0 Å². The Kier molecular flexibility index (Phi) is 2.46. The maximum atomic E-state index is 9.58. The van der Waals surface area contributed by atoms with Crippen molar-refractivity contribution in [1.29, 1.82) is 0 Å². The highest BCUT2D eigenvalue weighted by atomic mass is 32.2. The van der Waals surface area contributed by atoms with Crippen LogP contribution in [-0.2, 0) is 0 Å². The Bertz CT molecular complexity index is 476. The van der Waals surface area contributed by atoms with Crippen molar-refractivity contribution in [1.82, 2.24) is 0 Å². The van der Waals surface area contributed by atoms with Gasteiger partial charge >= 0.3 is 0 Å². The van der Waals surface area contributed by atoms with Gasteiger partial charge in [-0.15, -0.1) is 0 Å². The Balaban J connectivity index is 2.19. The fourth-order valence-corrected chi connectivity index (χ4v) is 3.39. The van der Waals surface area contributed by atoms with E-state index in [0.717, 1.165) is 0 Å². The van der Waals surface area contributed by atoms with E-state index in [1.54, 1.807) is 11.8 Å². The van der Waals surface area contributed by atoms with Crippen molar-refractivity contribution in [3.8, 4) is 0 Å². The Hall–Kier alpha value is -1.25. The number of hydrogen-bond acceptors (Lipinski definition) is 2. The summed E-state index contributed by atoms with van der Waals surface area (Å²) < 4.78 is 0. The van der Waals surface area contributed by atoms with Gasteiger partial charge < -0.3 is 5.11 Å². The molecule has 2 heteroatoms. The minimum atomic E-state index is 0.133. The van der Waals surface area contributed by atoms with E-state index in [2.05, 4.69) is 24.3 Å². The van der Waals surface area contributed by atoms with E-state index in [1.165, 1.54) is 20.9 Å². The third-order valence-electron chi connectivity index (χ3n) is 2.99. The predicted molar refractivity (Wildman–Crippen MR) is 65.9 cm³/mol. The zero-order valence-corrected chi connectivity index (χ0v) is 9.58. The molecule has 0 fully saturated rings. The third-order valence-corrected chi connectivity index (χ3v) is 4.17. The molecule has 0 unspecified atom stereocenters. The molecule has 0 spiro atoms. The summed E-state index contributed by atoms with van der Waals surface area (Å²) in [7, 11) is 0. The zero-order valence-electron chi connectivity index (χ0n) is 8.76. The molecule has 0 saturated heterocycles. The summed E-state index contributed by atoms with van der Waals surface area (Å²) in [6, 6.07) is 16.6. The maximum absolute atomic E-state index is 9.58. The number of rotatable bonds is 1. The minimum absolute atomic E-state index is 0.133. The van der Waals surface area contributed by atoms with Crippen molar-refractivity contribution < 1.29 is 5.11 Å². The van der Waals surface area contributed by atoms with Gasteiger partial charge in [0.1, 0.15) is 0 Å². The molecule has 1 aliphatic heterocycles. The second-order valence-electron chi connectivity index (χ2n) is 3.91. The fraction of sp³-hybridized carbons (Fsp3) is 0.143. The van der Waals surface area contributed by atoms with Crippen LogP contribution in [0.1, 0.15) is 17.0 Å². The lowest BCUT2D eigenvalue weighted by molar-refractivity contribution is 0.278. The number of aliphatic hydroxyl groups is 1. The van der Waals surface area contributed by atoms with Gasteiger partial charge in [-0.25, -0.2) is 0 Å². The average molecular weight is 228 g/mol. The highest BCUT2D eigenvalue weighted by Crippen LogP contribution is 2.45. The minimum Gasteiger partial charge on any atom is -0.395 e. The topological polar surface area (TPSA) is 20.2 Å². The molecule has 0 atom stereocenters. The van der Waals surface area contributed by atoms with Gasteiger partial charge in [0, 0.05) is 15.7 Å². The second kappa shape index (κ2) is 3.96. The standard InChI is InChI=1S/C14H12OS/c15-9-12-10-5-1-3-7-13(10)16-14-8-4-2-6-11(12)14/h1-8,12,15H,9H2. The molecule has 0 amide bonds. The molecule has 0 bridgehead atoms. The fourth-order valence-electron chi connectivity index (χ4n) is 2.21. The van der Waals surface area contributed by atoms with Gasteiger partial charge in [-0.3, -0.25) is 0 Å². The summed E-state index contributed by atoms with van der Waals surface area (Å²) in [5.41, 5.74) is 2.49. The highest BCUT2D eigenvalue weighted by Gasteiger charge is 2.24. The lowest BCUT2D eigenvalue weighted by Crippen LogP contribution is -2.11. The summed E-state index contributed by atoms with van der Waals surface area (Å²) >= 11 is 1.79. The largest absolute Gasteiger partial charge is 0.395 e. The van der Waals surface area contributed by atoms with Gasteiger partial charge in [-0.2, -0.15) is 0 Å². The van der Waals surface area contributed by atoms with Gasteiger partial charge in [0.2, 0.25) is 0 Å². The van der Waals surface area contributed by atoms with Crippen LogP contribution >= 0.6 is 11.8 Å². The van der Waals surface area contributed by atoms with Crippen LogP contribution in [-0.4, -0.2) is 11.7 Å². The van der Waals surface area contributed by atoms with Crippen LogP contribution in [0.2, 0.25) is 0 Å². The van der Waals surface area contributed by atoms with E-state index in [-0.39, 0.29) is 12.5 Å². The van der Waals surface area contributed by atoms with Crippen molar-refractivity contribution >= 4 is 11.8 Å². The molecule has 1 N–H and O–H groups in total. The molecule has 2 aromatic carbocycles. The average Bonchev–Trinajstić information content (AvgIpc) is 2.36. The molecule has 80 valence electrons. The Morgan fingerprint density at radius 2 is 1.38 bits per heavy atom. The van der Waals surface area contributed by atoms with E-state index in [0.29, 0.717) is 0 Å². The number of fused-ring (bicyclic) bond motifs is 2. The number of aliphatic hydroxyl groups excluding tert-OH is 1. The first-order valence-electron chi connectivity index (χ1n) is 5.36. The lowest BCUT2D eigenvalue weighted by Gasteiger charge is -2.26. The molecule has 0 saturated carbocycles. The summed E-state index contributed by atoms with van der Waals surface area (Å²) in [5, 5.41) is 9.58. The van der Waals surface area contributed by atoms with Crippen LogP contribution in [0.15, 0.2) is 58.3 Å². The Labute approximate surface area is 99.1 Å². The quantitative estimate of drug-likeness (QED) is 0.808. The summed E-state index contributed by atoms with van der Waals surface area (Å²) in [4.78, 5) is 2.53. The number of hydrogen-bond donors (Lipinski definition) is 1. The van der Waals surface area contributed by atoms with Crippen LogP contribution in [0.5, 0.6) is 0 Å². The molecule has 3 rings (SSSR count). The summed E-state index contributed by atoms with van der Waals surface area (Å²) in [6.07, 6.45) is 0. The van der Waals surface area contributed by atoms with E-state index in [9.17, 15) is 5.11 Å². The first-order chi connectivity index (χ1) is 7.90. The van der Waals surface area contributed by atoms with Crippen molar-refractivity contribution in [3.05, 3.63) is 59.7 Å². The highest BCUT2D eigenvalue weighted by molar-refractivity contribution is 7.99. The van der Waals surface area contributed by atoms with Crippen molar-refractivity contribution in [2.24, 2.45) is 0 Å². The number of benzene rings is 2. The van der Waals surface area contributed by atoms with Crippen LogP contribution in [0, 0.1) is 0 Å². The first kappa shape index (κ1) is 9.94. The predicted octanol–water partition coefficient (Wildman–Crippen LogP) is 3.28. The normalized spacial score (nSPS) is 14.3. The van der Waals surface area contributed by atoms with Crippen molar-refractivity contribution in [3.63, 3.8) is 0 Å². The third kappa shape index (κ3) is 1.46. The molecule has 16 heavy (non-hydrogen) atoms. The molecular formula is C14H12OS. The molecule has 0 radical (unpaired) electrons. The molecule has 1 aliphatic rings. The molecule has 0 aromatic heterocycles. The van der Waals surface area contributed by atoms with Gasteiger partial charge in [0.25, 0.3) is 0 Å². The van der Waals surface area contributed by atoms with Crippen LogP contribution in [0.3, 0.4) is 0 Å². The van der Waals surface area contributed by atoms with Gasteiger partial charge in [0.05, 0.1) is 6.61 Å². The van der Waals surface area contributed by atoms with E-state index in [1.807, 2.05) is 24.3 Å². The summed E-state index contributed by atoms with van der Waals surface area (Å²) in [5.74, 6) is 0.133. The lowest BCUT2D eigenvalue weighted by atomic mass is 9.91. The van der Waals surface area contributed by atoms with Crippen LogP contribution < -0.4 is 0 Å². The monoisotopic (exact) mass is 228 g/mol. The Morgan fingerprint density at radius 1 is 0.875 bits per heavy atom. The van der Waals surface area contributed by atoms with Crippen LogP contribution in [0.25, 0.3) is 0 Å². The van der Waals surface area contributed by atoms with Crippen LogP contribution in [0.4, 0.5) is 0 Å². The first-order valence-corrected chi connectivity index (χ1v) is 6.18. The van der Waals surface area contributed by atoms with E-state index in [4.69, 9.17) is 0 Å². The molecule has 1 heterocycles. The molecular weight excluding hydrogens is 216 g/mol. The molecule has 0 aliphatic carbocycles. The molecule has 2 aromatic rings. The van der Waals surface area contributed by atoms with Gasteiger partial charge in [-0.1, -0.05) is 48.2 Å². The Morgan fingerprint density at radius 3 is 1.88 bits per heavy atom. The van der Waals surface area contributed by atoms with Gasteiger partial charge in [-0.05, 0) is 23.3 Å².